The van der Waals surface area contributed by atoms with Crippen molar-refractivity contribution in [3.63, 3.8) is 0 Å². The minimum absolute atomic E-state index is 0.0746. The Morgan fingerprint density at radius 1 is 1.45 bits per heavy atom. The average Bonchev–Trinajstić information content (AvgIpc) is 3.19. The summed E-state index contributed by atoms with van der Waals surface area (Å²) >= 11 is 3.15. The maximum Gasteiger partial charge on any atom is 0.271 e. The lowest BCUT2D eigenvalue weighted by atomic mass is 10.0. The van der Waals surface area contributed by atoms with Gasteiger partial charge < -0.3 is 11.1 Å². The summed E-state index contributed by atoms with van der Waals surface area (Å²) in [5, 5.41) is 7.84. The molecule has 1 saturated carbocycles. The van der Waals surface area contributed by atoms with Gasteiger partial charge in [-0.3, -0.25) is 4.79 Å². The molecule has 0 aromatic carbocycles. The molecule has 3 N–H and O–H groups in total. The second-order valence-electron chi connectivity index (χ2n) is 5.02. The van der Waals surface area contributed by atoms with E-state index in [1.807, 2.05) is 22.9 Å². The van der Waals surface area contributed by atoms with Gasteiger partial charge in [-0.05, 0) is 36.8 Å². The van der Waals surface area contributed by atoms with Crippen LogP contribution in [-0.2, 0) is 0 Å². The smallest absolute Gasteiger partial charge is 0.271 e. The minimum atomic E-state index is -0.0746. The lowest BCUT2D eigenvalue weighted by Gasteiger charge is -2.18. The van der Waals surface area contributed by atoms with Gasteiger partial charge in [-0.2, -0.15) is 0 Å². The third kappa shape index (κ3) is 2.77. The van der Waals surface area contributed by atoms with Gasteiger partial charge in [0, 0.05) is 11.4 Å². The number of hydrogen-bond donors (Lipinski definition) is 2. The van der Waals surface area contributed by atoms with E-state index in [0.29, 0.717) is 18.2 Å². The Kier molecular flexibility index (Phi) is 4.14. The van der Waals surface area contributed by atoms with Crippen molar-refractivity contribution in [1.29, 1.82) is 0 Å². The van der Waals surface area contributed by atoms with E-state index in [0.717, 1.165) is 29.1 Å². The summed E-state index contributed by atoms with van der Waals surface area (Å²) in [6.07, 6.45) is 3.28. The zero-order chi connectivity index (χ0) is 13.9. The van der Waals surface area contributed by atoms with E-state index in [4.69, 9.17) is 5.73 Å². The van der Waals surface area contributed by atoms with Gasteiger partial charge in [0.05, 0.1) is 4.88 Å². The van der Waals surface area contributed by atoms with Crippen molar-refractivity contribution in [3.8, 4) is 9.88 Å². The Hall–Kier alpha value is -1.24. The molecule has 2 atom stereocenters. The van der Waals surface area contributed by atoms with Gasteiger partial charge in [-0.25, -0.2) is 4.98 Å². The lowest BCUT2D eigenvalue weighted by molar-refractivity contribution is 0.0924. The van der Waals surface area contributed by atoms with Crippen LogP contribution in [0.2, 0.25) is 0 Å². The van der Waals surface area contributed by atoms with Gasteiger partial charge in [0.25, 0.3) is 5.91 Å². The summed E-state index contributed by atoms with van der Waals surface area (Å²) in [5.41, 5.74) is 6.26. The van der Waals surface area contributed by atoms with Crippen LogP contribution in [0.25, 0.3) is 9.88 Å². The van der Waals surface area contributed by atoms with Crippen molar-refractivity contribution in [2.24, 2.45) is 11.7 Å². The van der Waals surface area contributed by atoms with Gasteiger partial charge in [-0.1, -0.05) is 12.5 Å². The molecule has 0 aliphatic heterocycles. The van der Waals surface area contributed by atoms with Crippen molar-refractivity contribution in [2.45, 2.75) is 25.3 Å². The van der Waals surface area contributed by atoms with Crippen molar-refractivity contribution < 1.29 is 4.79 Å². The average molecular weight is 307 g/mol. The molecule has 0 saturated heterocycles. The minimum Gasteiger partial charge on any atom is -0.348 e. The van der Waals surface area contributed by atoms with Gasteiger partial charge in [0.2, 0.25) is 0 Å². The molecule has 2 heterocycles. The van der Waals surface area contributed by atoms with E-state index in [1.165, 1.54) is 11.3 Å². The zero-order valence-electron chi connectivity index (χ0n) is 11.0. The molecule has 1 aliphatic carbocycles. The molecule has 20 heavy (non-hydrogen) atoms. The van der Waals surface area contributed by atoms with Crippen LogP contribution in [0.3, 0.4) is 0 Å². The van der Waals surface area contributed by atoms with Gasteiger partial charge in [0.1, 0.15) is 10.7 Å². The molecule has 6 heteroatoms. The van der Waals surface area contributed by atoms with Crippen molar-refractivity contribution in [3.05, 3.63) is 28.6 Å². The van der Waals surface area contributed by atoms with Crippen LogP contribution in [0.4, 0.5) is 0 Å². The highest BCUT2D eigenvalue weighted by molar-refractivity contribution is 7.20. The van der Waals surface area contributed by atoms with Crippen LogP contribution in [0.5, 0.6) is 0 Å². The van der Waals surface area contributed by atoms with Crippen LogP contribution in [0, 0.1) is 5.92 Å². The van der Waals surface area contributed by atoms with Gasteiger partial charge >= 0.3 is 0 Å². The number of carbonyl (C=O) groups excluding carboxylic acids is 1. The number of nitrogens with one attached hydrogen (secondary N) is 1. The predicted octanol–water partition coefficient (Wildman–Crippen LogP) is 2.73. The summed E-state index contributed by atoms with van der Waals surface area (Å²) < 4.78 is 0. The number of amides is 1. The maximum absolute atomic E-state index is 12.2. The standard InChI is InChI=1S/C14H17N3OS2/c15-7-9-3-1-4-10(9)16-13(18)11-8-20-14(17-11)12-5-2-6-19-12/h2,5-6,8-10H,1,3-4,7,15H2,(H,16,18). The fourth-order valence-corrected chi connectivity index (χ4v) is 4.26. The molecule has 1 fully saturated rings. The van der Waals surface area contributed by atoms with E-state index < -0.39 is 0 Å². The summed E-state index contributed by atoms with van der Waals surface area (Å²) in [4.78, 5) is 17.8. The number of thiazole rings is 1. The second kappa shape index (κ2) is 6.03. The van der Waals surface area contributed by atoms with Crippen LogP contribution >= 0.6 is 22.7 Å². The number of nitrogens with two attached hydrogens (primary N) is 1. The van der Waals surface area contributed by atoms with E-state index in [9.17, 15) is 4.79 Å². The molecular formula is C14H17N3OS2. The normalized spacial score (nSPS) is 22.1. The monoisotopic (exact) mass is 307 g/mol. The van der Waals surface area contributed by atoms with E-state index >= 15 is 0 Å². The third-order valence-electron chi connectivity index (χ3n) is 3.75. The zero-order valence-corrected chi connectivity index (χ0v) is 12.7. The lowest BCUT2D eigenvalue weighted by Crippen LogP contribution is -2.39. The molecule has 0 radical (unpaired) electrons. The predicted molar refractivity (Wildman–Crippen MR) is 83.1 cm³/mol. The molecule has 2 aromatic rings. The Morgan fingerprint density at radius 2 is 2.35 bits per heavy atom. The summed E-state index contributed by atoms with van der Waals surface area (Å²) in [6, 6.07) is 4.22. The number of thiophene rings is 1. The first-order valence-electron chi connectivity index (χ1n) is 6.78. The molecule has 106 valence electrons. The number of carbonyl (C=O) groups is 1. The second-order valence-corrected chi connectivity index (χ2v) is 6.83. The first kappa shape index (κ1) is 13.7. The Balaban J connectivity index is 1.68. The van der Waals surface area contributed by atoms with E-state index in [1.54, 1.807) is 11.3 Å². The molecule has 0 bridgehead atoms. The maximum atomic E-state index is 12.2. The first-order valence-corrected chi connectivity index (χ1v) is 8.54. The van der Waals surface area contributed by atoms with Crippen LogP contribution in [-0.4, -0.2) is 23.5 Å². The fourth-order valence-electron chi connectivity index (χ4n) is 2.64. The number of hydrogen-bond acceptors (Lipinski definition) is 5. The quantitative estimate of drug-likeness (QED) is 0.912. The highest BCUT2D eigenvalue weighted by Gasteiger charge is 2.28. The molecule has 2 aromatic heterocycles. The van der Waals surface area contributed by atoms with E-state index in [-0.39, 0.29) is 11.9 Å². The number of nitrogens with zero attached hydrogens (tertiary/aromatic N) is 1. The number of rotatable bonds is 4. The topological polar surface area (TPSA) is 68.0 Å². The molecule has 2 unspecified atom stereocenters. The fraction of sp³-hybridized carbons (Fsp3) is 0.429. The van der Waals surface area contributed by atoms with Gasteiger partial charge in [-0.15, -0.1) is 22.7 Å². The highest BCUT2D eigenvalue weighted by atomic mass is 32.1. The third-order valence-corrected chi connectivity index (χ3v) is 5.63. The highest BCUT2D eigenvalue weighted by Crippen LogP contribution is 2.28. The van der Waals surface area contributed by atoms with Crippen LogP contribution < -0.4 is 11.1 Å². The molecule has 4 nitrogen and oxygen atoms in total. The molecule has 1 amide bonds. The largest absolute Gasteiger partial charge is 0.348 e. The van der Waals surface area contributed by atoms with E-state index in [2.05, 4.69) is 10.3 Å². The summed E-state index contributed by atoms with van der Waals surface area (Å²) in [7, 11) is 0. The van der Waals surface area contributed by atoms with Crippen molar-refractivity contribution >= 4 is 28.6 Å². The molecular weight excluding hydrogens is 290 g/mol. The summed E-state index contributed by atoms with van der Waals surface area (Å²) in [5.74, 6) is 0.337. The van der Waals surface area contributed by atoms with Gasteiger partial charge in [0.15, 0.2) is 0 Å². The first-order chi connectivity index (χ1) is 9.78. The number of aromatic nitrogens is 1. The Morgan fingerprint density at radius 3 is 3.10 bits per heavy atom. The Bertz CT molecular complexity index is 579. The van der Waals surface area contributed by atoms with Crippen molar-refractivity contribution in [1.82, 2.24) is 10.3 Å². The molecule has 3 rings (SSSR count). The van der Waals surface area contributed by atoms with Crippen LogP contribution in [0.15, 0.2) is 22.9 Å². The van der Waals surface area contributed by atoms with Crippen LogP contribution in [0.1, 0.15) is 29.8 Å². The molecule has 0 spiro atoms. The van der Waals surface area contributed by atoms with Crippen molar-refractivity contribution in [2.75, 3.05) is 6.54 Å². The molecule has 1 aliphatic rings. The Labute approximate surface area is 126 Å². The summed E-state index contributed by atoms with van der Waals surface area (Å²) in [6.45, 7) is 0.641. The SMILES string of the molecule is NCC1CCCC1NC(=O)c1csc(-c2cccs2)n1.